The van der Waals surface area contributed by atoms with Crippen LogP contribution >= 0.6 is 0 Å². The summed E-state index contributed by atoms with van der Waals surface area (Å²) in [5.41, 5.74) is 2.78. The van der Waals surface area contributed by atoms with Crippen molar-refractivity contribution in [3.63, 3.8) is 0 Å². The van der Waals surface area contributed by atoms with Gasteiger partial charge >= 0.3 is 0 Å². The summed E-state index contributed by atoms with van der Waals surface area (Å²) in [4.78, 5) is 14.7. The average molecular weight is 308 g/mol. The Morgan fingerprint density at radius 1 is 1.04 bits per heavy atom. The molecule has 2 aromatic carbocycles. The number of anilines is 1. The molecule has 0 aromatic heterocycles. The van der Waals surface area contributed by atoms with Gasteiger partial charge in [0.15, 0.2) is 0 Å². The summed E-state index contributed by atoms with van der Waals surface area (Å²) >= 11 is 0. The molecule has 3 heteroatoms. The molecule has 0 aliphatic heterocycles. The second-order valence-electron chi connectivity index (χ2n) is 6.37. The fraction of sp³-hybridized carbons (Fsp3) is 0.350. The summed E-state index contributed by atoms with van der Waals surface area (Å²) in [7, 11) is 2.20. The van der Waals surface area contributed by atoms with Crippen LogP contribution in [0.25, 0.3) is 0 Å². The third-order valence-electron chi connectivity index (χ3n) is 4.63. The quantitative estimate of drug-likeness (QED) is 0.892. The van der Waals surface area contributed by atoms with Crippen molar-refractivity contribution in [3.8, 4) is 0 Å². The Morgan fingerprint density at radius 3 is 2.35 bits per heavy atom. The molecule has 0 saturated heterocycles. The molecule has 0 unspecified atom stereocenters. The molecular formula is C20H24N2O. The van der Waals surface area contributed by atoms with Crippen LogP contribution in [-0.2, 0) is 6.54 Å². The van der Waals surface area contributed by atoms with Crippen LogP contribution in [-0.4, -0.2) is 23.9 Å². The van der Waals surface area contributed by atoms with Crippen molar-refractivity contribution in [1.82, 2.24) is 4.90 Å². The average Bonchev–Trinajstić information content (AvgIpc) is 3.11. The summed E-state index contributed by atoms with van der Waals surface area (Å²) < 4.78 is 0. The first-order valence-electron chi connectivity index (χ1n) is 8.38. The van der Waals surface area contributed by atoms with E-state index >= 15 is 0 Å². The van der Waals surface area contributed by atoms with Gasteiger partial charge in [-0.1, -0.05) is 43.2 Å². The van der Waals surface area contributed by atoms with Gasteiger partial charge in [-0.3, -0.25) is 9.69 Å². The Morgan fingerprint density at radius 2 is 1.70 bits per heavy atom. The highest BCUT2D eigenvalue weighted by Gasteiger charge is 2.19. The predicted molar refractivity (Wildman–Crippen MR) is 94.6 cm³/mol. The van der Waals surface area contributed by atoms with Crippen LogP contribution in [0.5, 0.6) is 0 Å². The van der Waals surface area contributed by atoms with Crippen molar-refractivity contribution < 1.29 is 4.79 Å². The van der Waals surface area contributed by atoms with Crippen molar-refractivity contribution in [2.75, 3.05) is 12.4 Å². The molecule has 120 valence electrons. The molecule has 1 amide bonds. The lowest BCUT2D eigenvalue weighted by Crippen LogP contribution is -2.28. The van der Waals surface area contributed by atoms with E-state index in [1.54, 1.807) is 0 Å². The first-order chi connectivity index (χ1) is 11.2. The highest BCUT2D eigenvalue weighted by molar-refractivity contribution is 6.04. The first-order valence-corrected chi connectivity index (χ1v) is 8.38. The molecule has 1 N–H and O–H groups in total. The normalized spacial score (nSPS) is 15.0. The maximum Gasteiger partial charge on any atom is 0.255 e. The van der Waals surface area contributed by atoms with Gasteiger partial charge in [0.2, 0.25) is 0 Å². The molecule has 1 aliphatic carbocycles. The number of rotatable bonds is 5. The molecule has 1 aliphatic rings. The third kappa shape index (κ3) is 4.20. The van der Waals surface area contributed by atoms with E-state index in [-0.39, 0.29) is 5.91 Å². The molecule has 0 bridgehead atoms. The van der Waals surface area contributed by atoms with Crippen molar-refractivity contribution in [1.29, 1.82) is 0 Å². The van der Waals surface area contributed by atoms with Gasteiger partial charge in [-0.2, -0.15) is 0 Å². The zero-order valence-corrected chi connectivity index (χ0v) is 13.7. The van der Waals surface area contributed by atoms with E-state index in [9.17, 15) is 4.79 Å². The Kier molecular flexibility index (Phi) is 5.09. The van der Waals surface area contributed by atoms with Gasteiger partial charge in [0.05, 0.1) is 0 Å². The Bertz CT molecular complexity index is 630. The van der Waals surface area contributed by atoms with E-state index in [4.69, 9.17) is 0 Å². The summed E-state index contributed by atoms with van der Waals surface area (Å²) in [6.07, 6.45) is 5.34. The summed E-state index contributed by atoms with van der Waals surface area (Å²) in [6, 6.07) is 18.2. The molecule has 1 fully saturated rings. The standard InChI is InChI=1S/C20H24N2O/c1-22(19-9-5-6-10-19)15-16-11-13-17(14-12-16)20(23)21-18-7-3-2-4-8-18/h2-4,7-8,11-14,19H,5-6,9-10,15H2,1H3,(H,21,23). The topological polar surface area (TPSA) is 32.3 Å². The number of carbonyl (C=O) groups excluding carboxylic acids is 1. The van der Waals surface area contributed by atoms with E-state index in [1.165, 1.54) is 31.2 Å². The van der Waals surface area contributed by atoms with E-state index in [1.807, 2.05) is 42.5 Å². The first kappa shape index (κ1) is 15.8. The fourth-order valence-corrected chi connectivity index (χ4v) is 3.25. The zero-order valence-electron chi connectivity index (χ0n) is 13.7. The molecule has 1 saturated carbocycles. The van der Waals surface area contributed by atoms with Crippen molar-refractivity contribution in [2.24, 2.45) is 0 Å². The number of benzene rings is 2. The van der Waals surface area contributed by atoms with Gasteiger partial charge in [-0.15, -0.1) is 0 Å². The maximum absolute atomic E-state index is 12.2. The van der Waals surface area contributed by atoms with Gasteiger partial charge in [0, 0.05) is 23.8 Å². The molecular weight excluding hydrogens is 284 g/mol. The van der Waals surface area contributed by atoms with Gasteiger partial charge in [0.25, 0.3) is 5.91 Å². The van der Waals surface area contributed by atoms with Crippen LogP contribution < -0.4 is 5.32 Å². The van der Waals surface area contributed by atoms with Gasteiger partial charge < -0.3 is 5.32 Å². The number of nitrogens with one attached hydrogen (secondary N) is 1. The predicted octanol–water partition coefficient (Wildman–Crippen LogP) is 4.31. The third-order valence-corrected chi connectivity index (χ3v) is 4.63. The van der Waals surface area contributed by atoms with Gasteiger partial charge in [0.1, 0.15) is 0 Å². The monoisotopic (exact) mass is 308 g/mol. The highest BCUT2D eigenvalue weighted by atomic mass is 16.1. The van der Waals surface area contributed by atoms with Crippen LogP contribution in [0.1, 0.15) is 41.6 Å². The minimum absolute atomic E-state index is 0.0631. The largest absolute Gasteiger partial charge is 0.322 e. The lowest BCUT2D eigenvalue weighted by atomic mass is 10.1. The number of carbonyl (C=O) groups is 1. The number of hydrogen-bond acceptors (Lipinski definition) is 2. The molecule has 2 aromatic rings. The SMILES string of the molecule is CN(Cc1ccc(C(=O)Nc2ccccc2)cc1)C1CCCC1. The van der Waals surface area contributed by atoms with E-state index in [0.29, 0.717) is 5.56 Å². The lowest BCUT2D eigenvalue weighted by Gasteiger charge is -2.24. The number of para-hydroxylation sites is 1. The maximum atomic E-state index is 12.2. The molecule has 0 radical (unpaired) electrons. The second kappa shape index (κ2) is 7.42. The minimum Gasteiger partial charge on any atom is -0.322 e. The molecule has 0 atom stereocenters. The van der Waals surface area contributed by atoms with Crippen LogP contribution in [0.3, 0.4) is 0 Å². The summed E-state index contributed by atoms with van der Waals surface area (Å²) in [6.45, 7) is 0.950. The van der Waals surface area contributed by atoms with E-state index < -0.39 is 0 Å². The molecule has 23 heavy (non-hydrogen) atoms. The molecule has 3 nitrogen and oxygen atoms in total. The number of nitrogens with zero attached hydrogens (tertiary/aromatic N) is 1. The zero-order chi connectivity index (χ0) is 16.1. The van der Waals surface area contributed by atoms with Gasteiger partial charge in [-0.25, -0.2) is 0 Å². The lowest BCUT2D eigenvalue weighted by molar-refractivity contribution is 0.102. The highest BCUT2D eigenvalue weighted by Crippen LogP contribution is 2.23. The summed E-state index contributed by atoms with van der Waals surface area (Å²) in [5.74, 6) is -0.0631. The Balaban J connectivity index is 1.59. The Labute approximate surface area is 138 Å². The van der Waals surface area contributed by atoms with Crippen molar-refractivity contribution in [3.05, 3.63) is 65.7 Å². The van der Waals surface area contributed by atoms with Gasteiger partial charge in [-0.05, 0) is 49.7 Å². The number of hydrogen-bond donors (Lipinski definition) is 1. The second-order valence-corrected chi connectivity index (χ2v) is 6.37. The fourth-order valence-electron chi connectivity index (χ4n) is 3.25. The van der Waals surface area contributed by atoms with E-state index in [0.717, 1.165) is 18.3 Å². The molecule has 0 spiro atoms. The molecule has 0 heterocycles. The van der Waals surface area contributed by atoms with Crippen molar-refractivity contribution >= 4 is 11.6 Å². The number of amides is 1. The smallest absolute Gasteiger partial charge is 0.255 e. The van der Waals surface area contributed by atoms with Crippen LogP contribution in [0.4, 0.5) is 5.69 Å². The minimum atomic E-state index is -0.0631. The van der Waals surface area contributed by atoms with E-state index in [2.05, 4.69) is 29.4 Å². The Hall–Kier alpha value is -2.13. The molecule has 3 rings (SSSR count). The van der Waals surface area contributed by atoms with Crippen LogP contribution in [0.2, 0.25) is 0 Å². The van der Waals surface area contributed by atoms with Crippen LogP contribution in [0.15, 0.2) is 54.6 Å². The van der Waals surface area contributed by atoms with Crippen molar-refractivity contribution in [2.45, 2.75) is 38.3 Å². The summed E-state index contributed by atoms with van der Waals surface area (Å²) in [5, 5.41) is 2.91. The van der Waals surface area contributed by atoms with Crippen LogP contribution in [0, 0.1) is 0 Å².